The first-order chi connectivity index (χ1) is 13.2. The first-order valence-corrected chi connectivity index (χ1v) is 10.3. The molecule has 1 aliphatic rings. The van der Waals surface area contributed by atoms with Gasteiger partial charge in [0.2, 0.25) is 0 Å². The molecule has 0 bridgehead atoms. The smallest absolute Gasteiger partial charge is 0.192 e. The van der Waals surface area contributed by atoms with E-state index in [0.717, 1.165) is 23.3 Å². The molecule has 27 heavy (non-hydrogen) atoms. The third-order valence-corrected chi connectivity index (χ3v) is 5.96. The van der Waals surface area contributed by atoms with Crippen LogP contribution in [-0.4, -0.2) is 27.9 Å². The Labute approximate surface area is 161 Å². The fraction of sp³-hybridized carbons (Fsp3) is 0.400. The van der Waals surface area contributed by atoms with Crippen molar-refractivity contribution in [1.82, 2.24) is 20.1 Å². The standard InChI is InChI=1S/C18H17FN4OS.C2H6/c1-10-21-17-14(19)7-13(8-15(17)24-10)23-9-12-6-16(25-18(12)22-23)11-2-4-20-5-3-11;1-2/h6-9,11,20H,2-5H2,1H3;1-2H3. The maximum absolute atomic E-state index is 14.3. The van der Waals surface area contributed by atoms with Crippen LogP contribution < -0.4 is 5.32 Å². The number of aryl methyl sites for hydroxylation is 1. The summed E-state index contributed by atoms with van der Waals surface area (Å²) in [6.45, 7) is 7.87. The molecule has 4 heterocycles. The Balaban J connectivity index is 0.000000872. The van der Waals surface area contributed by atoms with Crippen LogP contribution in [0.1, 0.15) is 43.4 Å². The molecule has 0 spiro atoms. The molecule has 5 rings (SSSR count). The van der Waals surface area contributed by atoms with Gasteiger partial charge in [-0.2, -0.15) is 5.10 Å². The SMILES string of the molecule is CC.Cc1nc2c(F)cc(-n3cc4cc(C5CCNCC5)sc4n3)cc2o1. The van der Waals surface area contributed by atoms with Crippen molar-refractivity contribution in [2.24, 2.45) is 0 Å². The van der Waals surface area contributed by atoms with Crippen LogP contribution in [0, 0.1) is 12.7 Å². The minimum Gasteiger partial charge on any atom is -0.441 e. The van der Waals surface area contributed by atoms with Gasteiger partial charge in [-0.05, 0) is 37.9 Å². The number of rotatable bonds is 2. The Morgan fingerprint density at radius 1 is 1.22 bits per heavy atom. The van der Waals surface area contributed by atoms with Crippen LogP contribution in [0.2, 0.25) is 0 Å². The lowest BCUT2D eigenvalue weighted by atomic mass is 9.96. The van der Waals surface area contributed by atoms with E-state index in [1.54, 1.807) is 29.0 Å². The van der Waals surface area contributed by atoms with E-state index in [0.29, 0.717) is 23.1 Å². The van der Waals surface area contributed by atoms with Crippen LogP contribution in [0.4, 0.5) is 4.39 Å². The highest BCUT2D eigenvalue weighted by Gasteiger charge is 2.19. The van der Waals surface area contributed by atoms with Crippen molar-refractivity contribution < 1.29 is 8.81 Å². The largest absolute Gasteiger partial charge is 0.441 e. The molecule has 0 amide bonds. The van der Waals surface area contributed by atoms with E-state index in [-0.39, 0.29) is 5.52 Å². The molecular formula is C20H23FN4OS. The van der Waals surface area contributed by atoms with Gasteiger partial charge in [0.15, 0.2) is 17.3 Å². The highest BCUT2D eigenvalue weighted by Crippen LogP contribution is 2.35. The number of nitrogens with zero attached hydrogens (tertiary/aromatic N) is 3. The molecule has 0 aliphatic carbocycles. The van der Waals surface area contributed by atoms with Gasteiger partial charge >= 0.3 is 0 Å². The zero-order valence-corrected chi connectivity index (χ0v) is 16.6. The van der Waals surface area contributed by atoms with Gasteiger partial charge in [0.05, 0.1) is 5.69 Å². The number of benzene rings is 1. The van der Waals surface area contributed by atoms with Crippen molar-refractivity contribution in [3.63, 3.8) is 0 Å². The summed E-state index contributed by atoms with van der Waals surface area (Å²) in [7, 11) is 0. The van der Waals surface area contributed by atoms with E-state index in [9.17, 15) is 4.39 Å². The fourth-order valence-electron chi connectivity index (χ4n) is 3.50. The predicted octanol–water partition coefficient (Wildman–Crippen LogP) is 5.17. The summed E-state index contributed by atoms with van der Waals surface area (Å²) in [5.41, 5.74) is 1.36. The fourth-order valence-corrected chi connectivity index (χ4v) is 4.67. The quantitative estimate of drug-likeness (QED) is 0.516. The maximum atomic E-state index is 14.3. The minimum absolute atomic E-state index is 0.267. The van der Waals surface area contributed by atoms with E-state index in [1.807, 2.05) is 20.0 Å². The number of aromatic nitrogens is 3. The summed E-state index contributed by atoms with van der Waals surface area (Å²) in [6, 6.07) is 5.46. The Bertz CT molecular complexity index is 1040. The highest BCUT2D eigenvalue weighted by molar-refractivity contribution is 7.18. The lowest BCUT2D eigenvalue weighted by molar-refractivity contribution is 0.465. The van der Waals surface area contributed by atoms with E-state index in [2.05, 4.69) is 21.5 Å². The monoisotopic (exact) mass is 386 g/mol. The zero-order valence-electron chi connectivity index (χ0n) is 15.8. The van der Waals surface area contributed by atoms with Gasteiger partial charge in [0.25, 0.3) is 0 Å². The predicted molar refractivity (Wildman–Crippen MR) is 107 cm³/mol. The highest BCUT2D eigenvalue weighted by atomic mass is 32.1. The van der Waals surface area contributed by atoms with Gasteiger partial charge < -0.3 is 9.73 Å². The molecular weight excluding hydrogens is 363 g/mol. The number of oxazole rings is 1. The third-order valence-electron chi connectivity index (χ3n) is 4.77. The molecule has 0 saturated carbocycles. The second-order valence-corrected chi connectivity index (χ2v) is 7.58. The lowest BCUT2D eigenvalue weighted by Gasteiger charge is -2.21. The topological polar surface area (TPSA) is 55.9 Å². The van der Waals surface area contributed by atoms with Crippen molar-refractivity contribution >= 4 is 32.7 Å². The van der Waals surface area contributed by atoms with E-state index >= 15 is 0 Å². The third kappa shape index (κ3) is 3.37. The van der Waals surface area contributed by atoms with Crippen LogP contribution in [0.25, 0.3) is 27.0 Å². The van der Waals surface area contributed by atoms with Crippen molar-refractivity contribution in [1.29, 1.82) is 0 Å². The van der Waals surface area contributed by atoms with Gasteiger partial charge in [-0.1, -0.05) is 13.8 Å². The molecule has 0 unspecified atom stereocenters. The number of thiophene rings is 1. The molecule has 0 radical (unpaired) electrons. The normalized spacial score (nSPS) is 15.3. The Hall–Kier alpha value is -2.25. The molecule has 5 nitrogen and oxygen atoms in total. The van der Waals surface area contributed by atoms with Crippen LogP contribution in [0.3, 0.4) is 0 Å². The second kappa shape index (κ2) is 7.40. The van der Waals surface area contributed by atoms with Crippen molar-refractivity contribution in [3.05, 3.63) is 41.0 Å². The molecule has 1 aliphatic heterocycles. The minimum atomic E-state index is -0.390. The summed E-state index contributed by atoms with van der Waals surface area (Å²) in [5, 5.41) is 9.15. The number of hydrogen-bond acceptors (Lipinski definition) is 5. The zero-order chi connectivity index (χ0) is 19.0. The average Bonchev–Trinajstić information content (AvgIpc) is 3.36. The van der Waals surface area contributed by atoms with Gasteiger partial charge in [-0.15, -0.1) is 11.3 Å². The molecule has 7 heteroatoms. The molecule has 1 N–H and O–H groups in total. The van der Waals surface area contributed by atoms with Crippen molar-refractivity contribution in [2.45, 2.75) is 39.5 Å². The number of piperidine rings is 1. The van der Waals surface area contributed by atoms with Gasteiger partial charge in [0.1, 0.15) is 10.3 Å². The maximum Gasteiger partial charge on any atom is 0.192 e. The lowest BCUT2D eigenvalue weighted by Crippen LogP contribution is -2.26. The van der Waals surface area contributed by atoms with E-state index in [1.165, 1.54) is 23.8 Å². The Morgan fingerprint density at radius 2 is 2.00 bits per heavy atom. The first kappa shape index (κ1) is 18.1. The Morgan fingerprint density at radius 3 is 2.74 bits per heavy atom. The number of halogens is 1. The van der Waals surface area contributed by atoms with Crippen molar-refractivity contribution in [3.8, 4) is 5.69 Å². The summed E-state index contributed by atoms with van der Waals surface area (Å²) in [6.07, 6.45) is 4.31. The molecule has 3 aromatic heterocycles. The van der Waals surface area contributed by atoms with Crippen LogP contribution in [-0.2, 0) is 0 Å². The van der Waals surface area contributed by atoms with Gasteiger partial charge in [-0.3, -0.25) is 0 Å². The Kier molecular flexibility index (Phi) is 4.97. The molecule has 1 fully saturated rings. The molecule has 1 saturated heterocycles. The summed E-state index contributed by atoms with van der Waals surface area (Å²) < 4.78 is 21.5. The molecule has 1 aromatic carbocycles. The number of hydrogen-bond donors (Lipinski definition) is 1. The number of nitrogens with one attached hydrogen (secondary N) is 1. The number of fused-ring (bicyclic) bond motifs is 2. The summed E-state index contributed by atoms with van der Waals surface area (Å²) in [5.74, 6) is 0.692. The van der Waals surface area contributed by atoms with E-state index in [4.69, 9.17) is 4.42 Å². The molecule has 4 aromatic rings. The second-order valence-electron chi connectivity index (χ2n) is 6.51. The van der Waals surface area contributed by atoms with Gasteiger partial charge in [-0.25, -0.2) is 14.1 Å². The van der Waals surface area contributed by atoms with Crippen molar-refractivity contribution in [2.75, 3.05) is 13.1 Å². The molecule has 142 valence electrons. The summed E-state index contributed by atoms with van der Waals surface area (Å²) >= 11 is 1.74. The average molecular weight is 386 g/mol. The van der Waals surface area contributed by atoms with E-state index < -0.39 is 5.82 Å². The van der Waals surface area contributed by atoms with Crippen LogP contribution in [0.5, 0.6) is 0 Å². The first-order valence-electron chi connectivity index (χ1n) is 9.44. The van der Waals surface area contributed by atoms with Crippen LogP contribution >= 0.6 is 11.3 Å². The van der Waals surface area contributed by atoms with Gasteiger partial charge in [0, 0.05) is 35.5 Å². The molecule has 0 atom stereocenters. The van der Waals surface area contributed by atoms with Crippen LogP contribution in [0.15, 0.2) is 28.8 Å². The summed E-state index contributed by atoms with van der Waals surface area (Å²) in [4.78, 5) is 6.46.